The number of hydrogen-bond acceptors (Lipinski definition) is 5. The van der Waals surface area contributed by atoms with Gasteiger partial charge in [-0.15, -0.1) is 17.5 Å². The highest BCUT2D eigenvalue weighted by atomic mass is 35.5. The average Bonchev–Trinajstić information content (AvgIpc) is 3.16. The molecule has 0 bridgehead atoms. The number of fused-ring (bicyclic) bond motifs is 2. The largest absolute Gasteiger partial charge is 0.342 e. The van der Waals surface area contributed by atoms with Gasteiger partial charge in [-0.2, -0.15) is 0 Å². The van der Waals surface area contributed by atoms with Crippen LogP contribution in [0.25, 0.3) is 10.9 Å². The lowest BCUT2D eigenvalue weighted by atomic mass is 10.0. The van der Waals surface area contributed by atoms with E-state index >= 15 is 0 Å². The van der Waals surface area contributed by atoms with E-state index in [1.807, 2.05) is 11.0 Å². The number of aromatic nitrogens is 3. The predicted molar refractivity (Wildman–Crippen MR) is 92.1 cm³/mol. The van der Waals surface area contributed by atoms with Crippen LogP contribution in [-0.4, -0.2) is 52.0 Å². The van der Waals surface area contributed by atoms with Crippen molar-refractivity contribution in [3.63, 3.8) is 0 Å². The van der Waals surface area contributed by atoms with Gasteiger partial charge in [0.2, 0.25) is 5.91 Å². The maximum absolute atomic E-state index is 12.4. The van der Waals surface area contributed by atoms with Crippen molar-refractivity contribution in [1.82, 2.24) is 25.2 Å². The molecule has 2 aliphatic rings. The normalized spacial score (nSPS) is 22.4. The lowest BCUT2D eigenvalue weighted by molar-refractivity contribution is -0.130. The summed E-state index contributed by atoms with van der Waals surface area (Å²) in [6, 6.07) is 7.12. The molecule has 2 fully saturated rings. The molecule has 4 rings (SSSR count). The zero-order valence-corrected chi connectivity index (χ0v) is 14.0. The highest BCUT2D eigenvalue weighted by molar-refractivity contribution is 5.85. The molecular formula is C16H20ClN5O2. The maximum Gasteiger partial charge on any atom is 0.277 e. The fourth-order valence-corrected chi connectivity index (χ4v) is 3.59. The number of amides is 1. The standard InChI is InChI=1S/C16H19N5O2.ClH/c22-15(20-9-11-7-17-8-12(11)10-20)5-6-21-16(23)13-3-1-2-4-14(13)18-19-21;/h1-4,11-12,17H,5-10H2;1H/t11-,12+;. The Morgan fingerprint density at radius 3 is 2.67 bits per heavy atom. The molecule has 1 aromatic carbocycles. The third-order valence-electron chi connectivity index (χ3n) is 4.91. The molecular weight excluding hydrogens is 330 g/mol. The van der Waals surface area contributed by atoms with Gasteiger partial charge in [0.25, 0.3) is 5.56 Å². The quantitative estimate of drug-likeness (QED) is 0.861. The number of carbonyl (C=O) groups is 1. The second kappa shape index (κ2) is 6.86. The lowest BCUT2D eigenvalue weighted by Crippen LogP contribution is -2.34. The molecule has 1 aromatic heterocycles. The minimum atomic E-state index is -0.189. The Labute approximate surface area is 145 Å². The van der Waals surface area contributed by atoms with E-state index in [4.69, 9.17) is 0 Å². The molecule has 0 unspecified atom stereocenters. The number of halogens is 1. The summed E-state index contributed by atoms with van der Waals surface area (Å²) in [7, 11) is 0. The zero-order valence-electron chi connectivity index (χ0n) is 13.2. The molecule has 2 aliphatic heterocycles. The van der Waals surface area contributed by atoms with Gasteiger partial charge in [0, 0.05) is 32.6 Å². The molecule has 2 aromatic rings. The third-order valence-corrected chi connectivity index (χ3v) is 4.91. The highest BCUT2D eigenvalue weighted by Crippen LogP contribution is 2.26. The topological polar surface area (TPSA) is 80.1 Å². The summed E-state index contributed by atoms with van der Waals surface area (Å²) in [6.45, 7) is 3.94. The monoisotopic (exact) mass is 349 g/mol. The number of hydrogen-bond donors (Lipinski definition) is 1. The number of carbonyl (C=O) groups excluding carboxylic acids is 1. The van der Waals surface area contributed by atoms with Crippen LogP contribution in [0.5, 0.6) is 0 Å². The number of benzene rings is 1. The van der Waals surface area contributed by atoms with Gasteiger partial charge in [-0.25, -0.2) is 4.68 Å². The van der Waals surface area contributed by atoms with Crippen LogP contribution in [0.3, 0.4) is 0 Å². The van der Waals surface area contributed by atoms with Gasteiger partial charge >= 0.3 is 0 Å². The first-order valence-corrected chi connectivity index (χ1v) is 8.03. The molecule has 0 aliphatic carbocycles. The molecule has 7 nitrogen and oxygen atoms in total. The summed E-state index contributed by atoms with van der Waals surface area (Å²) in [5.41, 5.74) is 0.394. The van der Waals surface area contributed by atoms with E-state index in [2.05, 4.69) is 15.6 Å². The minimum Gasteiger partial charge on any atom is -0.342 e. The van der Waals surface area contributed by atoms with Gasteiger partial charge in [-0.1, -0.05) is 17.3 Å². The Balaban J connectivity index is 0.00000169. The van der Waals surface area contributed by atoms with Crippen LogP contribution in [0.2, 0.25) is 0 Å². The van der Waals surface area contributed by atoms with Crippen molar-refractivity contribution < 1.29 is 4.79 Å². The summed E-state index contributed by atoms with van der Waals surface area (Å²) in [6.07, 6.45) is 0.291. The van der Waals surface area contributed by atoms with Crippen LogP contribution in [-0.2, 0) is 11.3 Å². The first kappa shape index (κ1) is 16.9. The average molecular weight is 350 g/mol. The molecule has 0 saturated carbocycles. The molecule has 128 valence electrons. The summed E-state index contributed by atoms with van der Waals surface area (Å²) in [5, 5.41) is 11.9. The van der Waals surface area contributed by atoms with Crippen molar-refractivity contribution >= 4 is 29.2 Å². The van der Waals surface area contributed by atoms with Gasteiger partial charge in [0.1, 0.15) is 5.52 Å². The molecule has 3 heterocycles. The van der Waals surface area contributed by atoms with E-state index in [1.54, 1.807) is 18.2 Å². The van der Waals surface area contributed by atoms with Crippen molar-refractivity contribution in [3.05, 3.63) is 34.6 Å². The van der Waals surface area contributed by atoms with E-state index < -0.39 is 0 Å². The van der Waals surface area contributed by atoms with E-state index in [9.17, 15) is 9.59 Å². The van der Waals surface area contributed by atoms with E-state index in [1.165, 1.54) is 4.68 Å². The molecule has 1 N–H and O–H groups in total. The number of aryl methyl sites for hydroxylation is 1. The fourth-order valence-electron chi connectivity index (χ4n) is 3.59. The second-order valence-corrected chi connectivity index (χ2v) is 6.36. The van der Waals surface area contributed by atoms with Crippen LogP contribution in [0.15, 0.2) is 29.1 Å². The number of likely N-dealkylation sites (tertiary alicyclic amines) is 1. The molecule has 8 heteroatoms. The predicted octanol–water partition coefficient (Wildman–Crippen LogP) is 0.281. The van der Waals surface area contributed by atoms with Crippen LogP contribution < -0.4 is 10.9 Å². The fraction of sp³-hybridized carbons (Fsp3) is 0.500. The first-order valence-electron chi connectivity index (χ1n) is 8.03. The third kappa shape index (κ3) is 3.01. The van der Waals surface area contributed by atoms with Gasteiger partial charge < -0.3 is 10.2 Å². The number of nitrogens with one attached hydrogen (secondary N) is 1. The maximum atomic E-state index is 12.4. The summed E-state index contributed by atoms with van der Waals surface area (Å²) < 4.78 is 1.29. The SMILES string of the molecule is Cl.O=C(CCn1nnc2ccccc2c1=O)N1C[C@H]2CNC[C@H]2C1. The molecule has 0 radical (unpaired) electrons. The summed E-state index contributed by atoms with van der Waals surface area (Å²) in [4.78, 5) is 26.6. The van der Waals surface area contributed by atoms with Gasteiger partial charge in [0.05, 0.1) is 11.9 Å². The second-order valence-electron chi connectivity index (χ2n) is 6.36. The molecule has 2 atom stereocenters. The van der Waals surface area contributed by atoms with Crippen molar-refractivity contribution in [3.8, 4) is 0 Å². The molecule has 0 spiro atoms. The first-order chi connectivity index (χ1) is 11.2. The summed E-state index contributed by atoms with van der Waals surface area (Å²) >= 11 is 0. The van der Waals surface area contributed by atoms with Gasteiger partial charge in [-0.05, 0) is 24.0 Å². The van der Waals surface area contributed by atoms with Gasteiger partial charge in [-0.3, -0.25) is 9.59 Å². The Morgan fingerprint density at radius 1 is 1.21 bits per heavy atom. The lowest BCUT2D eigenvalue weighted by Gasteiger charge is -2.17. The van der Waals surface area contributed by atoms with E-state index in [0.29, 0.717) is 29.2 Å². The minimum absolute atomic E-state index is 0. The Kier molecular flexibility index (Phi) is 4.82. The Hall–Kier alpha value is -1.99. The van der Waals surface area contributed by atoms with Crippen LogP contribution in [0, 0.1) is 11.8 Å². The smallest absolute Gasteiger partial charge is 0.277 e. The van der Waals surface area contributed by atoms with Crippen LogP contribution >= 0.6 is 12.4 Å². The zero-order chi connectivity index (χ0) is 15.8. The highest BCUT2D eigenvalue weighted by Gasteiger charge is 2.37. The van der Waals surface area contributed by atoms with Crippen molar-refractivity contribution in [2.75, 3.05) is 26.2 Å². The van der Waals surface area contributed by atoms with Crippen LogP contribution in [0.4, 0.5) is 0 Å². The van der Waals surface area contributed by atoms with Crippen molar-refractivity contribution in [1.29, 1.82) is 0 Å². The Morgan fingerprint density at radius 2 is 1.92 bits per heavy atom. The van der Waals surface area contributed by atoms with Gasteiger partial charge in [0.15, 0.2) is 0 Å². The molecule has 24 heavy (non-hydrogen) atoms. The van der Waals surface area contributed by atoms with Crippen molar-refractivity contribution in [2.24, 2.45) is 11.8 Å². The van der Waals surface area contributed by atoms with Crippen LogP contribution in [0.1, 0.15) is 6.42 Å². The van der Waals surface area contributed by atoms with E-state index in [0.717, 1.165) is 26.2 Å². The molecule has 1 amide bonds. The number of rotatable bonds is 3. The van der Waals surface area contributed by atoms with Crippen molar-refractivity contribution in [2.45, 2.75) is 13.0 Å². The molecule has 2 saturated heterocycles. The summed E-state index contributed by atoms with van der Waals surface area (Å²) in [5.74, 6) is 1.27. The Bertz CT molecular complexity index is 796. The van der Waals surface area contributed by atoms with E-state index in [-0.39, 0.29) is 30.4 Å². The number of nitrogens with zero attached hydrogens (tertiary/aromatic N) is 4.